The third kappa shape index (κ3) is 15.1. The standard InChI is InChI=1S/C19H23N3O4.2C11H17N3O2.4CH4/c1-2-25-18(23)12-22-17-10-6-9-16(15(17)11-20-22)21-19(24)26-13-14-7-4-3-5-8-14;2*1-2-16-11(15)7-14-10-5-3-4-9(12)8(10)6-13-14;;;;/h3-5,7-8,11,16H,2,6,9-10,12-13H2,1H3,(H,21,24);2*6,9H,2-5,7,12H2,1H3;4*1H4/t16-;2*9-;;;;/m010..../s1. The van der Waals surface area contributed by atoms with Crippen molar-refractivity contribution >= 4 is 24.0 Å². The number of nitrogens with zero attached hydrogens (tertiary/aromatic N) is 6. The minimum atomic E-state index is -0.454. The van der Waals surface area contributed by atoms with Crippen molar-refractivity contribution in [3.05, 3.63) is 88.3 Å². The maximum atomic E-state index is 12.1. The lowest BCUT2D eigenvalue weighted by Gasteiger charge is -2.23. The molecule has 0 saturated carbocycles. The molecular formula is C45H73N9O8. The predicted octanol–water partition coefficient (Wildman–Crippen LogP) is 6.86. The summed E-state index contributed by atoms with van der Waals surface area (Å²) in [6.45, 7) is 7.23. The first-order chi connectivity index (χ1) is 28.1. The van der Waals surface area contributed by atoms with Crippen molar-refractivity contribution in [2.24, 2.45) is 11.5 Å². The molecule has 0 bridgehead atoms. The summed E-state index contributed by atoms with van der Waals surface area (Å²) in [5.41, 5.74) is 19.1. The zero-order valence-electron chi connectivity index (χ0n) is 33.8. The van der Waals surface area contributed by atoms with Crippen molar-refractivity contribution in [2.45, 2.75) is 153 Å². The maximum absolute atomic E-state index is 12.1. The van der Waals surface area contributed by atoms with Crippen LogP contribution in [0.2, 0.25) is 0 Å². The number of amides is 1. The van der Waals surface area contributed by atoms with E-state index in [1.807, 2.05) is 30.3 Å². The molecule has 17 heteroatoms. The zero-order chi connectivity index (χ0) is 41.4. The minimum Gasteiger partial charge on any atom is -0.465 e. The molecule has 5 N–H and O–H groups in total. The summed E-state index contributed by atoms with van der Waals surface area (Å²) in [6.07, 6.45) is 13.4. The number of carbonyl (C=O) groups excluding carboxylic acids is 4. The number of hydrogen-bond donors (Lipinski definition) is 3. The Kier molecular flexibility index (Phi) is 24.1. The lowest BCUT2D eigenvalue weighted by Crippen LogP contribution is -2.31. The van der Waals surface area contributed by atoms with Crippen molar-refractivity contribution in [1.82, 2.24) is 34.7 Å². The summed E-state index contributed by atoms with van der Waals surface area (Å²) < 4.78 is 25.2. The molecule has 0 spiro atoms. The van der Waals surface area contributed by atoms with Crippen molar-refractivity contribution < 1.29 is 38.1 Å². The first-order valence-electron chi connectivity index (χ1n) is 20.2. The van der Waals surface area contributed by atoms with E-state index in [0.717, 1.165) is 97.1 Å². The molecule has 1 amide bonds. The van der Waals surface area contributed by atoms with Crippen molar-refractivity contribution in [1.29, 1.82) is 0 Å². The van der Waals surface area contributed by atoms with Gasteiger partial charge in [-0.2, -0.15) is 15.3 Å². The van der Waals surface area contributed by atoms with Crippen LogP contribution in [-0.2, 0) is 78.8 Å². The van der Waals surface area contributed by atoms with Crippen molar-refractivity contribution in [2.75, 3.05) is 19.8 Å². The van der Waals surface area contributed by atoms with Crippen LogP contribution in [0.15, 0.2) is 48.9 Å². The van der Waals surface area contributed by atoms with Gasteiger partial charge in [0.15, 0.2) is 0 Å². The fourth-order valence-corrected chi connectivity index (χ4v) is 7.38. The topological polar surface area (TPSA) is 223 Å². The van der Waals surface area contributed by atoms with Gasteiger partial charge in [0.2, 0.25) is 0 Å². The largest absolute Gasteiger partial charge is 0.465 e. The molecular weight excluding hydrogens is 795 g/mol. The SMILES string of the molecule is C.C.C.C.CCOC(=O)Cn1ncc2c1CCC[C@@H]2N.CCOC(=O)Cn1ncc2c1CCC[C@@H]2NC(=O)OCc1ccccc1.CCOC(=O)Cn1ncc2c1CCC[C@H]2N. The van der Waals surface area contributed by atoms with Crippen LogP contribution in [-0.4, -0.2) is 73.2 Å². The van der Waals surface area contributed by atoms with Crippen LogP contribution in [0.25, 0.3) is 0 Å². The number of esters is 3. The summed E-state index contributed by atoms with van der Waals surface area (Å²) in [6, 6.07) is 9.53. The van der Waals surface area contributed by atoms with Crippen LogP contribution in [0.4, 0.5) is 4.79 Å². The van der Waals surface area contributed by atoms with E-state index < -0.39 is 6.09 Å². The number of aromatic nitrogens is 6. The molecule has 3 heterocycles. The zero-order valence-corrected chi connectivity index (χ0v) is 33.8. The highest BCUT2D eigenvalue weighted by atomic mass is 16.6. The second-order valence-electron chi connectivity index (χ2n) is 14.2. The summed E-state index contributed by atoms with van der Waals surface area (Å²) in [7, 11) is 0. The second kappa shape index (κ2) is 27.4. The molecule has 0 fully saturated rings. The van der Waals surface area contributed by atoms with Crippen LogP contribution in [0.1, 0.15) is 146 Å². The summed E-state index contributed by atoms with van der Waals surface area (Å²) in [5.74, 6) is -0.796. The highest BCUT2D eigenvalue weighted by Gasteiger charge is 2.27. The number of nitrogens with one attached hydrogen (secondary N) is 1. The highest BCUT2D eigenvalue weighted by Crippen LogP contribution is 2.30. The fourth-order valence-electron chi connectivity index (χ4n) is 7.38. The molecule has 0 unspecified atom stereocenters. The monoisotopic (exact) mass is 868 g/mol. The molecule has 0 aliphatic heterocycles. The molecule has 3 atom stereocenters. The Bertz CT molecular complexity index is 1880. The molecule has 3 aliphatic rings. The van der Waals surface area contributed by atoms with Gasteiger partial charge in [0.25, 0.3) is 0 Å². The average Bonchev–Trinajstić information content (AvgIpc) is 3.94. The first-order valence-corrected chi connectivity index (χ1v) is 20.2. The highest BCUT2D eigenvalue weighted by molar-refractivity contribution is 5.70. The predicted molar refractivity (Wildman–Crippen MR) is 239 cm³/mol. The van der Waals surface area contributed by atoms with E-state index in [0.29, 0.717) is 19.8 Å². The van der Waals surface area contributed by atoms with E-state index in [4.69, 9.17) is 30.4 Å². The van der Waals surface area contributed by atoms with Gasteiger partial charge >= 0.3 is 24.0 Å². The smallest absolute Gasteiger partial charge is 0.407 e. The van der Waals surface area contributed by atoms with Crippen LogP contribution in [0.3, 0.4) is 0 Å². The molecule has 3 aromatic heterocycles. The number of hydrogen-bond acceptors (Lipinski definition) is 13. The van der Waals surface area contributed by atoms with Gasteiger partial charge in [-0.15, -0.1) is 0 Å². The first kappa shape index (κ1) is 54.5. The van der Waals surface area contributed by atoms with Crippen LogP contribution < -0.4 is 16.8 Å². The lowest BCUT2D eigenvalue weighted by molar-refractivity contribution is -0.145. The molecule has 7 rings (SSSR count). The van der Waals surface area contributed by atoms with Crippen molar-refractivity contribution in [3.8, 4) is 0 Å². The number of ether oxygens (including phenoxy) is 4. The molecule has 1 aromatic carbocycles. The Balaban J connectivity index is 0.000000470. The van der Waals surface area contributed by atoms with Gasteiger partial charge in [-0.05, 0) is 84.1 Å². The average molecular weight is 868 g/mol. The number of alkyl carbamates (subject to hydrolysis) is 1. The molecule has 346 valence electrons. The molecule has 0 saturated heterocycles. The Morgan fingerprint density at radius 1 is 0.597 bits per heavy atom. The molecule has 0 radical (unpaired) electrons. The van der Waals surface area contributed by atoms with Gasteiger partial charge in [-0.25, -0.2) is 4.79 Å². The quantitative estimate of drug-likeness (QED) is 0.0979. The van der Waals surface area contributed by atoms with Gasteiger partial charge in [0, 0.05) is 45.9 Å². The van der Waals surface area contributed by atoms with Gasteiger partial charge < -0.3 is 35.7 Å². The van der Waals surface area contributed by atoms with Crippen LogP contribution in [0.5, 0.6) is 0 Å². The van der Waals surface area contributed by atoms with Crippen LogP contribution >= 0.6 is 0 Å². The number of benzene rings is 1. The summed E-state index contributed by atoms with van der Waals surface area (Å²) in [4.78, 5) is 46.6. The van der Waals surface area contributed by atoms with Gasteiger partial charge in [-0.3, -0.25) is 28.4 Å². The third-order valence-corrected chi connectivity index (χ3v) is 10.1. The van der Waals surface area contributed by atoms with E-state index in [-0.39, 0.29) is 92.0 Å². The minimum absolute atomic E-state index is 0. The van der Waals surface area contributed by atoms with Gasteiger partial charge in [-0.1, -0.05) is 60.0 Å². The van der Waals surface area contributed by atoms with E-state index in [2.05, 4.69) is 20.6 Å². The number of rotatable bonds is 12. The van der Waals surface area contributed by atoms with Crippen LogP contribution in [0, 0.1) is 0 Å². The number of fused-ring (bicyclic) bond motifs is 3. The molecule has 62 heavy (non-hydrogen) atoms. The van der Waals surface area contributed by atoms with E-state index in [9.17, 15) is 19.2 Å². The third-order valence-electron chi connectivity index (χ3n) is 10.1. The Hall–Kier alpha value is -5.55. The van der Waals surface area contributed by atoms with E-state index in [1.54, 1.807) is 53.4 Å². The molecule has 4 aromatic rings. The second-order valence-corrected chi connectivity index (χ2v) is 14.2. The van der Waals surface area contributed by atoms with Gasteiger partial charge in [0.1, 0.15) is 26.2 Å². The Morgan fingerprint density at radius 2 is 0.984 bits per heavy atom. The lowest BCUT2D eigenvalue weighted by atomic mass is 9.93. The van der Waals surface area contributed by atoms with E-state index in [1.165, 1.54) is 0 Å². The Morgan fingerprint density at radius 3 is 1.40 bits per heavy atom. The molecule has 3 aliphatic carbocycles. The number of nitrogens with two attached hydrogens (primary N) is 2. The fraction of sp³-hybridized carbons (Fsp3) is 0.578. The van der Waals surface area contributed by atoms with E-state index >= 15 is 0 Å². The molecule has 17 nitrogen and oxygen atoms in total. The normalized spacial score (nSPS) is 16.6. The van der Waals surface area contributed by atoms with Gasteiger partial charge in [0.05, 0.1) is 44.5 Å². The summed E-state index contributed by atoms with van der Waals surface area (Å²) in [5, 5.41) is 15.6. The number of carbonyl (C=O) groups is 4. The maximum Gasteiger partial charge on any atom is 0.407 e. The van der Waals surface area contributed by atoms with Crippen molar-refractivity contribution in [3.63, 3.8) is 0 Å². The Labute approximate surface area is 368 Å². The summed E-state index contributed by atoms with van der Waals surface area (Å²) >= 11 is 0.